The third kappa shape index (κ3) is 16.1. The molecular formula is C87H82ClN7O13. The van der Waals surface area contributed by atoms with E-state index in [-0.39, 0.29) is 52.7 Å². The summed E-state index contributed by atoms with van der Waals surface area (Å²) < 4.78 is 30.7. The first kappa shape index (κ1) is 74.5. The number of benzene rings is 8. The molecule has 20 nitrogen and oxygen atoms in total. The topological polar surface area (TPSA) is 275 Å². The molecule has 0 bridgehead atoms. The normalized spacial score (nSPS) is 18.0. The minimum Gasteiger partial charge on any atom is -0.508 e. The standard InChI is InChI=1S/C25H25NO3.C24H24N2O3.C19H14O3.C11H12O.C8H6O3.ClHN4/c1-16-13-17-7-3-4-8-18(17)20(16)14-23-24(28)19-9-10-22(27)21(25(19)29-23)15-26-11-5-2-6-12-26;1-15-12-16-4-2-3-5-17(16)19(15)13-22-23(28)18-6-7-21(27)20(24(18)29-22)14-26-10-8-25-9-11-26;1-11-8-12-4-2-3-5-14(12)16(11)10-18-19(21)15-7-6-13(20)9-17(15)22-18;1-8-7-9-5-3-4-6-10(9)11(8)12-2;9-5-1-2-6-7(10)4-11-8(6)3-5;1-3-5-4-2/h3-4,7-10,14,27H,2,5-6,11-13,15H2,1H3;2-7,13,25,27H,8-12,14H2,1H3;2-7,9-10,20H,8H2,1H3;3-6H,7H2,1-2H3;1-3,9H,4H2;2H/b23-14-;22-13-;18-10-;;;. The van der Waals surface area contributed by atoms with Crippen LogP contribution in [0.2, 0.25) is 0 Å². The van der Waals surface area contributed by atoms with Gasteiger partial charge in [-0.1, -0.05) is 125 Å². The van der Waals surface area contributed by atoms with Crippen LogP contribution in [0.4, 0.5) is 0 Å². The van der Waals surface area contributed by atoms with Gasteiger partial charge in [0, 0.05) is 57.0 Å². The van der Waals surface area contributed by atoms with Crippen molar-refractivity contribution in [2.24, 2.45) is 15.1 Å². The molecule has 2 saturated heterocycles. The first-order chi connectivity index (χ1) is 52.4. The fourth-order valence-corrected chi connectivity index (χ4v) is 15.1. The number of carbonyl (C=O) groups excluding carboxylic acids is 4. The molecule has 0 amide bonds. The number of piperidine rings is 1. The van der Waals surface area contributed by atoms with Crippen LogP contribution in [0.1, 0.15) is 144 Å². The molecule has 6 heterocycles. The quantitative estimate of drug-likeness (QED) is 0.0445. The highest BCUT2D eigenvalue weighted by Gasteiger charge is 2.36. The average Bonchev–Trinajstić information content (AvgIpc) is 1.59. The van der Waals surface area contributed by atoms with E-state index in [9.17, 15) is 34.5 Å². The number of phenols is 4. The number of nitrogens with zero attached hydrogens (tertiary/aromatic N) is 5. The van der Waals surface area contributed by atoms with E-state index in [1.165, 1.54) is 99.2 Å². The number of carbonyl (C=O) groups is 4. The zero-order valence-electron chi connectivity index (χ0n) is 60.6. The Bertz CT molecular complexity index is 5030. The van der Waals surface area contributed by atoms with Gasteiger partial charge in [0.1, 0.15) is 51.8 Å². The molecule has 0 unspecified atom stereocenters. The van der Waals surface area contributed by atoms with Crippen molar-refractivity contribution in [3.05, 3.63) is 293 Å². The number of aromatic hydroxyl groups is 4. The van der Waals surface area contributed by atoms with Crippen LogP contribution in [0.25, 0.3) is 22.5 Å². The van der Waals surface area contributed by atoms with Crippen LogP contribution in [0, 0.1) is 5.53 Å². The molecule has 108 heavy (non-hydrogen) atoms. The molecule has 18 rings (SSSR count). The molecule has 0 aromatic heterocycles. The summed E-state index contributed by atoms with van der Waals surface area (Å²) in [6.45, 7) is 15.4. The highest BCUT2D eigenvalue weighted by Crippen LogP contribution is 2.46. The Kier molecular flexibility index (Phi) is 23.0. The number of piperazine rings is 1. The summed E-state index contributed by atoms with van der Waals surface area (Å²) >= 11 is 4.55. The van der Waals surface area contributed by atoms with E-state index >= 15 is 0 Å². The van der Waals surface area contributed by atoms with Crippen LogP contribution >= 0.6 is 11.8 Å². The zero-order valence-corrected chi connectivity index (χ0v) is 61.4. The number of allylic oxidation sites excluding steroid dienone is 13. The first-order valence-corrected chi connectivity index (χ1v) is 36.3. The third-order valence-electron chi connectivity index (χ3n) is 20.4. The predicted molar refractivity (Wildman–Crippen MR) is 412 cm³/mol. The smallest absolute Gasteiger partial charge is 0.231 e. The highest BCUT2D eigenvalue weighted by atomic mass is 35.5. The number of fused-ring (bicyclic) bond motifs is 8. The van der Waals surface area contributed by atoms with Gasteiger partial charge in [-0.25, -0.2) is 0 Å². The number of ether oxygens (including phenoxy) is 5. The van der Waals surface area contributed by atoms with E-state index in [1.54, 1.807) is 43.5 Å². The van der Waals surface area contributed by atoms with Crippen LogP contribution in [0.3, 0.4) is 0 Å². The summed E-state index contributed by atoms with van der Waals surface area (Å²) in [6, 6.07) is 48.8. The van der Waals surface area contributed by atoms with Crippen LogP contribution < -0.4 is 24.3 Å². The van der Waals surface area contributed by atoms with E-state index in [0.717, 1.165) is 104 Å². The fraction of sp³-hybridized carbons (Fsp3) is 0.241. The van der Waals surface area contributed by atoms with Gasteiger partial charge in [-0.15, -0.1) is 0 Å². The van der Waals surface area contributed by atoms with Crippen LogP contribution in [0.5, 0.6) is 46.0 Å². The number of hydrogen-bond acceptors (Lipinski definition) is 18. The predicted octanol–water partition coefficient (Wildman–Crippen LogP) is 17.2. The van der Waals surface area contributed by atoms with Gasteiger partial charge in [-0.2, -0.15) is 5.53 Å². The lowest BCUT2D eigenvalue weighted by Crippen LogP contribution is -2.42. The number of Topliss-reactive ketones (excluding diaryl/α,β-unsaturated/α-hetero) is 4. The Hall–Kier alpha value is -11.8. The summed E-state index contributed by atoms with van der Waals surface area (Å²) in [6.07, 6.45) is 12.9. The molecule has 21 heteroatoms. The molecule has 6 N–H and O–H groups in total. The van der Waals surface area contributed by atoms with Gasteiger partial charge in [0.2, 0.25) is 23.1 Å². The second-order valence-corrected chi connectivity index (χ2v) is 27.8. The molecule has 8 aromatic carbocycles. The van der Waals surface area contributed by atoms with Crippen molar-refractivity contribution in [1.29, 1.82) is 5.53 Å². The third-order valence-corrected chi connectivity index (χ3v) is 20.5. The number of likely N-dealkylation sites (tertiary alicyclic amines) is 1. The molecule has 10 aliphatic rings. The number of ketones is 4. The molecule has 2 fully saturated rings. The highest BCUT2D eigenvalue weighted by molar-refractivity contribution is 6.16. The molecule has 0 saturated carbocycles. The fourth-order valence-electron chi connectivity index (χ4n) is 15.0. The number of methoxy groups -OCH3 is 1. The maximum absolute atomic E-state index is 13.0. The zero-order chi connectivity index (χ0) is 75.7. The number of phenolic OH excluding ortho intramolecular Hbond substituents is 4. The molecule has 0 spiro atoms. The summed E-state index contributed by atoms with van der Waals surface area (Å²) in [4.78, 5) is 54.1. The monoisotopic (exact) mass is 1470 g/mol. The Morgan fingerprint density at radius 3 is 1.35 bits per heavy atom. The molecule has 0 atom stereocenters. The van der Waals surface area contributed by atoms with Crippen molar-refractivity contribution in [2.75, 3.05) is 53.0 Å². The molecule has 4 aliphatic carbocycles. The van der Waals surface area contributed by atoms with Crippen molar-refractivity contribution < 1.29 is 63.3 Å². The maximum atomic E-state index is 13.0. The van der Waals surface area contributed by atoms with Gasteiger partial charge >= 0.3 is 0 Å². The minimum atomic E-state index is -0.139. The molecule has 0 radical (unpaired) electrons. The Labute approximate surface area is 631 Å². The van der Waals surface area contributed by atoms with Crippen LogP contribution in [0.15, 0.2) is 231 Å². The lowest BCUT2D eigenvalue weighted by atomic mass is 10.0. The average molecular weight is 1470 g/mol. The summed E-state index contributed by atoms with van der Waals surface area (Å²) in [5.74, 6) is 4.18. The van der Waals surface area contributed by atoms with E-state index in [2.05, 4.69) is 130 Å². The van der Waals surface area contributed by atoms with Crippen molar-refractivity contribution >= 4 is 57.4 Å². The summed E-state index contributed by atoms with van der Waals surface area (Å²) in [7, 11) is 1.74. The summed E-state index contributed by atoms with van der Waals surface area (Å²) in [5.41, 5.74) is 27.6. The first-order valence-electron chi connectivity index (χ1n) is 35.9. The van der Waals surface area contributed by atoms with Gasteiger partial charge in [0.15, 0.2) is 23.9 Å². The Balaban J connectivity index is 0.000000122. The number of rotatable bonds is 9. The van der Waals surface area contributed by atoms with Gasteiger partial charge in [0.05, 0.1) is 52.3 Å². The van der Waals surface area contributed by atoms with Gasteiger partial charge in [0.25, 0.3) is 0 Å². The molecule has 6 aliphatic heterocycles. The van der Waals surface area contributed by atoms with Gasteiger partial charge in [-0.05, 0) is 218 Å². The SMILES string of the molecule is CC1=C(/C=C2\Oc3c(ccc(O)c3CN3CCCCC3)C2=O)c2ccccc2C1.CC1=C(/C=C2\Oc3c(ccc(O)c3CN3CCNCC3)C2=O)c2ccccc2C1.CC1=C(/C=C2\Oc3cc(O)ccc3C2=O)c2ccccc2C1.COC1=C(C)Cc2ccccc21.N=NN=NCl.O=C1COc2cc(O)ccc21. The van der Waals surface area contributed by atoms with E-state index in [4.69, 9.17) is 34.3 Å². The van der Waals surface area contributed by atoms with Crippen molar-refractivity contribution in [2.45, 2.75) is 85.7 Å². The number of hydrogen-bond donors (Lipinski definition) is 6. The van der Waals surface area contributed by atoms with Crippen molar-refractivity contribution in [1.82, 2.24) is 15.1 Å². The number of nitrogens with one attached hydrogen (secondary N) is 2. The lowest BCUT2D eigenvalue weighted by Gasteiger charge is -2.27. The van der Waals surface area contributed by atoms with Gasteiger partial charge in [-0.3, -0.25) is 29.0 Å². The second-order valence-electron chi connectivity index (χ2n) is 27.6. The van der Waals surface area contributed by atoms with E-state index in [1.807, 2.05) is 54.6 Å². The maximum Gasteiger partial charge on any atom is 0.231 e. The second kappa shape index (κ2) is 33.3. The number of halogens is 1. The van der Waals surface area contributed by atoms with Crippen LogP contribution in [-0.2, 0) is 43.5 Å². The van der Waals surface area contributed by atoms with Gasteiger partial charge < -0.3 is 49.4 Å². The largest absolute Gasteiger partial charge is 0.508 e. The van der Waals surface area contributed by atoms with Crippen LogP contribution in [-0.4, -0.2) is 106 Å². The Morgan fingerprint density at radius 2 is 0.889 bits per heavy atom. The lowest BCUT2D eigenvalue weighted by molar-refractivity contribution is 0.0959. The molecule has 8 aromatic rings. The molecule has 550 valence electrons. The minimum absolute atomic E-state index is 0.0278. The Morgan fingerprint density at radius 1 is 0.481 bits per heavy atom. The van der Waals surface area contributed by atoms with E-state index in [0.29, 0.717) is 81.2 Å². The van der Waals surface area contributed by atoms with E-state index < -0.39 is 0 Å². The van der Waals surface area contributed by atoms with Crippen molar-refractivity contribution in [3.63, 3.8) is 0 Å². The molecular weight excluding hydrogens is 1390 g/mol. The van der Waals surface area contributed by atoms with Crippen molar-refractivity contribution in [3.8, 4) is 46.0 Å². The summed E-state index contributed by atoms with van der Waals surface area (Å²) in [5, 5.41) is 47.9.